The highest BCUT2D eigenvalue weighted by Gasteiger charge is 2.30. The quantitative estimate of drug-likeness (QED) is 0.630. The van der Waals surface area contributed by atoms with E-state index >= 15 is 0 Å². The van der Waals surface area contributed by atoms with Gasteiger partial charge in [0.15, 0.2) is 5.96 Å². The van der Waals surface area contributed by atoms with Crippen LogP contribution in [0, 0.1) is 0 Å². The second kappa shape index (κ2) is 9.22. The summed E-state index contributed by atoms with van der Waals surface area (Å²) in [6.45, 7) is 4.50. The Morgan fingerprint density at radius 2 is 2.00 bits per heavy atom. The first-order valence-electron chi connectivity index (χ1n) is 10.4. The van der Waals surface area contributed by atoms with E-state index in [2.05, 4.69) is 44.5 Å². The molecule has 0 saturated carbocycles. The molecule has 2 saturated heterocycles. The molecule has 1 aromatic heterocycles. The number of pyridine rings is 1. The zero-order valence-electron chi connectivity index (χ0n) is 17.0. The minimum atomic E-state index is -0.228. The molecule has 7 heteroatoms. The number of carbonyl (C=O) groups is 1. The van der Waals surface area contributed by atoms with Crippen LogP contribution in [0.4, 0.5) is 0 Å². The van der Waals surface area contributed by atoms with Crippen molar-refractivity contribution in [2.24, 2.45) is 4.99 Å². The summed E-state index contributed by atoms with van der Waals surface area (Å²) in [6, 6.07) is 10.4. The molecular weight excluding hydrogens is 366 g/mol. The Hall–Kier alpha value is -2.67. The SMILES string of the molecule is CN=C(NCCc1cccc2cccnc12)N1CCN(C(=O)C2CCCO2)CC1. The molecule has 0 aliphatic carbocycles. The van der Waals surface area contributed by atoms with Crippen molar-refractivity contribution in [1.29, 1.82) is 0 Å². The Balaban J connectivity index is 1.28. The predicted octanol–water partition coefficient (Wildman–Crippen LogP) is 1.68. The van der Waals surface area contributed by atoms with E-state index in [4.69, 9.17) is 4.74 Å². The number of piperazine rings is 1. The molecule has 2 aliphatic rings. The Kier molecular flexibility index (Phi) is 6.24. The fourth-order valence-electron chi connectivity index (χ4n) is 4.13. The largest absolute Gasteiger partial charge is 0.368 e. The number of aliphatic imine (C=N–C) groups is 1. The molecule has 1 amide bonds. The number of hydrogen-bond acceptors (Lipinski definition) is 4. The summed E-state index contributed by atoms with van der Waals surface area (Å²) >= 11 is 0. The molecule has 2 aliphatic heterocycles. The lowest BCUT2D eigenvalue weighted by molar-refractivity contribution is -0.142. The lowest BCUT2D eigenvalue weighted by atomic mass is 10.1. The van der Waals surface area contributed by atoms with Crippen LogP contribution in [0.5, 0.6) is 0 Å². The number of carbonyl (C=O) groups excluding carboxylic acids is 1. The third-order valence-corrected chi connectivity index (χ3v) is 5.70. The van der Waals surface area contributed by atoms with Gasteiger partial charge in [0.1, 0.15) is 6.10 Å². The maximum Gasteiger partial charge on any atom is 0.251 e. The van der Waals surface area contributed by atoms with Crippen LogP contribution in [-0.4, -0.2) is 79.1 Å². The monoisotopic (exact) mass is 395 g/mol. The predicted molar refractivity (Wildman–Crippen MR) is 114 cm³/mol. The van der Waals surface area contributed by atoms with Crippen LogP contribution in [0.1, 0.15) is 18.4 Å². The van der Waals surface area contributed by atoms with Crippen LogP contribution in [0.3, 0.4) is 0 Å². The van der Waals surface area contributed by atoms with Crippen molar-refractivity contribution in [3.8, 4) is 0 Å². The van der Waals surface area contributed by atoms with Crippen LogP contribution in [0.2, 0.25) is 0 Å². The van der Waals surface area contributed by atoms with Gasteiger partial charge in [-0.05, 0) is 30.9 Å². The molecule has 7 nitrogen and oxygen atoms in total. The van der Waals surface area contributed by atoms with Crippen molar-refractivity contribution in [3.63, 3.8) is 0 Å². The number of rotatable bonds is 4. The molecule has 4 rings (SSSR count). The smallest absolute Gasteiger partial charge is 0.251 e. The van der Waals surface area contributed by atoms with Crippen molar-refractivity contribution in [2.45, 2.75) is 25.4 Å². The van der Waals surface area contributed by atoms with E-state index in [1.165, 1.54) is 10.9 Å². The van der Waals surface area contributed by atoms with Crippen molar-refractivity contribution >= 4 is 22.8 Å². The van der Waals surface area contributed by atoms with Gasteiger partial charge in [0.05, 0.1) is 5.52 Å². The molecule has 1 atom stereocenters. The molecule has 0 bridgehead atoms. The van der Waals surface area contributed by atoms with E-state index in [9.17, 15) is 4.79 Å². The van der Waals surface area contributed by atoms with Gasteiger partial charge in [-0.15, -0.1) is 0 Å². The number of hydrogen-bond donors (Lipinski definition) is 1. The van der Waals surface area contributed by atoms with Crippen molar-refractivity contribution < 1.29 is 9.53 Å². The van der Waals surface area contributed by atoms with E-state index < -0.39 is 0 Å². The Morgan fingerprint density at radius 1 is 1.21 bits per heavy atom. The van der Waals surface area contributed by atoms with Gasteiger partial charge in [-0.1, -0.05) is 24.3 Å². The maximum absolute atomic E-state index is 12.5. The molecule has 2 aromatic rings. The van der Waals surface area contributed by atoms with Gasteiger partial charge in [0.2, 0.25) is 0 Å². The second-order valence-corrected chi connectivity index (χ2v) is 7.53. The molecular formula is C22H29N5O2. The van der Waals surface area contributed by atoms with Gasteiger partial charge in [0.25, 0.3) is 5.91 Å². The number of amides is 1. The van der Waals surface area contributed by atoms with Crippen LogP contribution in [-0.2, 0) is 16.0 Å². The summed E-state index contributed by atoms with van der Waals surface area (Å²) in [6.07, 6.45) is 4.33. The minimum Gasteiger partial charge on any atom is -0.368 e. The molecule has 1 N–H and O–H groups in total. The number of guanidine groups is 1. The van der Waals surface area contributed by atoms with Crippen molar-refractivity contribution in [2.75, 3.05) is 46.4 Å². The van der Waals surface area contributed by atoms with Crippen molar-refractivity contribution in [3.05, 3.63) is 42.1 Å². The van der Waals surface area contributed by atoms with Gasteiger partial charge in [0, 0.05) is 58.0 Å². The summed E-state index contributed by atoms with van der Waals surface area (Å²) in [5.74, 6) is 1.04. The Labute approximate surface area is 171 Å². The molecule has 2 fully saturated rings. The average Bonchev–Trinajstić information content (AvgIpc) is 3.31. The third-order valence-electron chi connectivity index (χ3n) is 5.70. The standard InChI is InChI=1S/C22H29N5O2/c1-23-22(25-11-9-18-6-2-5-17-7-3-10-24-20(17)18)27-14-12-26(13-15-27)21(28)19-8-4-16-29-19/h2-3,5-7,10,19H,4,8-9,11-16H2,1H3,(H,23,25). The Bertz CT molecular complexity index is 865. The van der Waals surface area contributed by atoms with Crippen LogP contribution < -0.4 is 5.32 Å². The van der Waals surface area contributed by atoms with E-state index in [1.54, 1.807) is 0 Å². The molecule has 1 aromatic carbocycles. The topological polar surface area (TPSA) is 70.1 Å². The van der Waals surface area contributed by atoms with Crippen molar-refractivity contribution in [1.82, 2.24) is 20.1 Å². The molecule has 29 heavy (non-hydrogen) atoms. The van der Waals surface area contributed by atoms with Crippen LogP contribution in [0.25, 0.3) is 10.9 Å². The van der Waals surface area contributed by atoms with E-state index in [1.807, 2.05) is 24.2 Å². The summed E-state index contributed by atoms with van der Waals surface area (Å²) in [4.78, 5) is 25.6. The number of para-hydroxylation sites is 1. The lowest BCUT2D eigenvalue weighted by Gasteiger charge is -2.37. The summed E-state index contributed by atoms with van der Waals surface area (Å²) in [5.41, 5.74) is 2.30. The molecule has 0 spiro atoms. The molecule has 154 valence electrons. The van der Waals surface area contributed by atoms with Gasteiger partial charge in [-0.3, -0.25) is 14.8 Å². The zero-order chi connectivity index (χ0) is 20.1. The van der Waals surface area contributed by atoms with Gasteiger partial charge in [-0.25, -0.2) is 0 Å². The lowest BCUT2D eigenvalue weighted by Crippen LogP contribution is -2.55. The zero-order valence-corrected chi connectivity index (χ0v) is 17.0. The van der Waals surface area contributed by atoms with E-state index in [0.717, 1.165) is 50.4 Å². The Morgan fingerprint density at radius 3 is 2.76 bits per heavy atom. The van der Waals surface area contributed by atoms with Gasteiger partial charge in [-0.2, -0.15) is 0 Å². The summed E-state index contributed by atoms with van der Waals surface area (Å²) in [7, 11) is 1.81. The van der Waals surface area contributed by atoms with Crippen LogP contribution in [0.15, 0.2) is 41.5 Å². The first-order valence-corrected chi connectivity index (χ1v) is 10.4. The maximum atomic E-state index is 12.5. The second-order valence-electron chi connectivity index (χ2n) is 7.53. The number of fused-ring (bicyclic) bond motifs is 1. The normalized spacial score (nSPS) is 20.3. The highest BCUT2D eigenvalue weighted by Crippen LogP contribution is 2.17. The fourth-order valence-corrected chi connectivity index (χ4v) is 4.13. The summed E-state index contributed by atoms with van der Waals surface area (Å²) < 4.78 is 5.54. The number of nitrogens with zero attached hydrogens (tertiary/aromatic N) is 4. The fraction of sp³-hybridized carbons (Fsp3) is 0.500. The number of nitrogens with one attached hydrogen (secondary N) is 1. The molecule has 3 heterocycles. The first-order chi connectivity index (χ1) is 14.3. The number of benzene rings is 1. The van der Waals surface area contributed by atoms with E-state index in [0.29, 0.717) is 19.7 Å². The number of aromatic nitrogens is 1. The highest BCUT2D eigenvalue weighted by molar-refractivity contribution is 5.83. The molecule has 0 radical (unpaired) electrons. The highest BCUT2D eigenvalue weighted by atomic mass is 16.5. The van der Waals surface area contributed by atoms with Gasteiger partial charge < -0.3 is 19.9 Å². The average molecular weight is 396 g/mol. The third kappa shape index (κ3) is 4.50. The first kappa shape index (κ1) is 19.6. The minimum absolute atomic E-state index is 0.147. The van der Waals surface area contributed by atoms with Crippen LogP contribution >= 0.6 is 0 Å². The summed E-state index contributed by atoms with van der Waals surface area (Å²) in [5, 5.41) is 4.64. The molecule has 1 unspecified atom stereocenters. The number of ether oxygens (including phenoxy) is 1. The van der Waals surface area contributed by atoms with Gasteiger partial charge >= 0.3 is 0 Å². The van der Waals surface area contributed by atoms with E-state index in [-0.39, 0.29) is 12.0 Å².